The zero-order chi connectivity index (χ0) is 17.1. The second kappa shape index (κ2) is 7.07. The second-order valence-electron chi connectivity index (χ2n) is 6.63. The van der Waals surface area contributed by atoms with Gasteiger partial charge in [0.15, 0.2) is 0 Å². The van der Waals surface area contributed by atoms with Crippen LogP contribution in [0, 0.1) is 13.8 Å². The zero-order valence-electron chi connectivity index (χ0n) is 14.6. The Morgan fingerprint density at radius 2 is 2.04 bits per heavy atom. The van der Waals surface area contributed by atoms with Crippen LogP contribution in [0.25, 0.3) is 0 Å². The summed E-state index contributed by atoms with van der Waals surface area (Å²) >= 11 is 0. The van der Waals surface area contributed by atoms with Crippen LogP contribution in [0.3, 0.4) is 0 Å². The van der Waals surface area contributed by atoms with Crippen molar-refractivity contribution in [3.05, 3.63) is 46.8 Å². The number of likely N-dealkylation sites (tertiary alicyclic amines) is 1. The Bertz CT molecular complexity index is 703. The predicted octanol–water partition coefficient (Wildman–Crippen LogP) is 4.61. The average molecular weight is 327 g/mol. The highest BCUT2D eigenvalue weighted by atomic mass is 16.5. The smallest absolute Gasteiger partial charge is 0.322 e. The molecule has 0 unspecified atom stereocenters. The van der Waals surface area contributed by atoms with Crippen molar-refractivity contribution in [2.24, 2.45) is 0 Å². The first kappa shape index (κ1) is 16.6. The van der Waals surface area contributed by atoms with Crippen LogP contribution in [0.1, 0.15) is 54.8 Å². The predicted molar refractivity (Wildman–Crippen MR) is 94.1 cm³/mol. The Morgan fingerprint density at radius 1 is 1.29 bits per heavy atom. The third kappa shape index (κ3) is 3.61. The number of aromatic nitrogens is 1. The lowest BCUT2D eigenvalue weighted by Gasteiger charge is -2.23. The van der Waals surface area contributed by atoms with Gasteiger partial charge in [-0.1, -0.05) is 18.1 Å². The molecule has 5 heteroatoms. The van der Waals surface area contributed by atoms with Gasteiger partial charge in [-0.2, -0.15) is 0 Å². The molecule has 1 N–H and O–H groups in total. The Hall–Kier alpha value is -2.30. The van der Waals surface area contributed by atoms with E-state index in [1.54, 1.807) is 0 Å². The fraction of sp³-hybridized carbons (Fsp3) is 0.474. The lowest BCUT2D eigenvalue weighted by Crippen LogP contribution is -2.34. The molecule has 1 fully saturated rings. The maximum absolute atomic E-state index is 12.7. The molecule has 24 heavy (non-hydrogen) atoms. The zero-order valence-corrected chi connectivity index (χ0v) is 14.6. The second-order valence-corrected chi connectivity index (χ2v) is 6.63. The van der Waals surface area contributed by atoms with Gasteiger partial charge in [-0.15, -0.1) is 0 Å². The first-order valence-corrected chi connectivity index (χ1v) is 8.68. The van der Waals surface area contributed by atoms with Crippen molar-refractivity contribution in [3.8, 4) is 0 Å². The van der Waals surface area contributed by atoms with E-state index in [1.807, 2.05) is 36.9 Å². The molecule has 2 heterocycles. The molecule has 0 radical (unpaired) electrons. The summed E-state index contributed by atoms with van der Waals surface area (Å²) in [6, 6.07) is 8.01. The number of urea groups is 1. The SMILES string of the molecule is CCCc1cc([C@H]2CCCN2C(=O)Nc2cc(C)cc(C)c2)no1. The van der Waals surface area contributed by atoms with Gasteiger partial charge < -0.3 is 14.7 Å². The number of amides is 2. The minimum Gasteiger partial charge on any atom is -0.361 e. The minimum absolute atomic E-state index is 0.00487. The molecule has 0 bridgehead atoms. The van der Waals surface area contributed by atoms with E-state index in [1.165, 1.54) is 0 Å². The van der Waals surface area contributed by atoms with Crippen molar-refractivity contribution in [1.29, 1.82) is 0 Å². The van der Waals surface area contributed by atoms with Crippen molar-refractivity contribution < 1.29 is 9.32 Å². The van der Waals surface area contributed by atoms with E-state index < -0.39 is 0 Å². The topological polar surface area (TPSA) is 58.4 Å². The molecule has 1 saturated heterocycles. The van der Waals surface area contributed by atoms with Crippen molar-refractivity contribution in [2.75, 3.05) is 11.9 Å². The van der Waals surface area contributed by atoms with Crippen LogP contribution in [-0.2, 0) is 6.42 Å². The monoisotopic (exact) mass is 327 g/mol. The molecule has 128 valence electrons. The van der Waals surface area contributed by atoms with Crippen LogP contribution in [0.4, 0.5) is 10.5 Å². The van der Waals surface area contributed by atoms with Crippen LogP contribution in [0.2, 0.25) is 0 Å². The molecule has 1 atom stereocenters. The number of carbonyl (C=O) groups excluding carboxylic acids is 1. The molecule has 2 amide bonds. The number of carbonyl (C=O) groups is 1. The van der Waals surface area contributed by atoms with Gasteiger partial charge in [-0.3, -0.25) is 0 Å². The number of benzene rings is 1. The molecule has 5 nitrogen and oxygen atoms in total. The molecular weight excluding hydrogens is 302 g/mol. The highest BCUT2D eigenvalue weighted by Crippen LogP contribution is 2.32. The lowest BCUT2D eigenvalue weighted by molar-refractivity contribution is 0.204. The number of hydrogen-bond acceptors (Lipinski definition) is 3. The van der Waals surface area contributed by atoms with Crippen molar-refractivity contribution in [1.82, 2.24) is 10.1 Å². The summed E-state index contributed by atoms with van der Waals surface area (Å²) in [5.74, 6) is 0.897. The first-order chi connectivity index (χ1) is 11.6. The molecule has 1 aliphatic heterocycles. The van der Waals surface area contributed by atoms with Crippen molar-refractivity contribution in [2.45, 2.75) is 52.5 Å². The quantitative estimate of drug-likeness (QED) is 0.892. The number of nitrogens with one attached hydrogen (secondary N) is 1. The van der Waals surface area contributed by atoms with Crippen LogP contribution in [0.5, 0.6) is 0 Å². The molecule has 1 aromatic heterocycles. The van der Waals surface area contributed by atoms with E-state index in [0.29, 0.717) is 0 Å². The normalized spacial score (nSPS) is 17.3. The van der Waals surface area contributed by atoms with Gasteiger partial charge in [0.25, 0.3) is 0 Å². The van der Waals surface area contributed by atoms with Gasteiger partial charge in [-0.25, -0.2) is 4.79 Å². The highest BCUT2D eigenvalue weighted by Gasteiger charge is 2.32. The minimum atomic E-state index is -0.0671. The molecule has 2 aromatic rings. The largest absolute Gasteiger partial charge is 0.361 e. The Morgan fingerprint density at radius 3 is 2.75 bits per heavy atom. The van der Waals surface area contributed by atoms with Crippen LogP contribution in [0.15, 0.2) is 28.8 Å². The third-order valence-corrected chi connectivity index (χ3v) is 4.40. The molecular formula is C19H25N3O2. The molecule has 1 aliphatic rings. The summed E-state index contributed by atoms with van der Waals surface area (Å²) in [5.41, 5.74) is 3.99. The number of rotatable bonds is 4. The summed E-state index contributed by atoms with van der Waals surface area (Å²) in [6.45, 7) is 6.93. The summed E-state index contributed by atoms with van der Waals surface area (Å²) in [6.07, 6.45) is 3.82. The van der Waals surface area contributed by atoms with E-state index in [2.05, 4.69) is 23.5 Å². The Labute approximate surface area is 143 Å². The van der Waals surface area contributed by atoms with E-state index in [4.69, 9.17) is 4.52 Å². The number of anilines is 1. The number of nitrogens with zero attached hydrogens (tertiary/aromatic N) is 2. The van der Waals surface area contributed by atoms with Crippen molar-refractivity contribution in [3.63, 3.8) is 0 Å². The van der Waals surface area contributed by atoms with Gasteiger partial charge in [0.05, 0.1) is 6.04 Å². The summed E-state index contributed by atoms with van der Waals surface area (Å²) < 4.78 is 5.39. The molecule has 0 saturated carbocycles. The van der Waals surface area contributed by atoms with E-state index >= 15 is 0 Å². The number of aryl methyl sites for hydroxylation is 3. The standard InChI is InChI=1S/C19H25N3O2/c1-4-6-16-12-17(21-24-16)18-7-5-8-22(18)19(23)20-15-10-13(2)9-14(3)11-15/h9-12,18H,4-8H2,1-3H3,(H,20,23)/t18-/m1/s1. The molecule has 0 aliphatic carbocycles. The summed E-state index contributed by atoms with van der Waals surface area (Å²) in [5, 5.41) is 7.21. The number of hydrogen-bond donors (Lipinski definition) is 1. The molecule has 0 spiro atoms. The maximum atomic E-state index is 12.7. The lowest BCUT2D eigenvalue weighted by atomic mass is 10.1. The average Bonchev–Trinajstić information content (AvgIpc) is 3.14. The fourth-order valence-corrected chi connectivity index (χ4v) is 3.41. The van der Waals surface area contributed by atoms with Crippen LogP contribution >= 0.6 is 0 Å². The molecule has 3 rings (SSSR count). The van der Waals surface area contributed by atoms with Gasteiger partial charge >= 0.3 is 6.03 Å². The Balaban J connectivity index is 1.73. The maximum Gasteiger partial charge on any atom is 0.322 e. The van der Waals surface area contributed by atoms with Gasteiger partial charge in [-0.05, 0) is 56.4 Å². The third-order valence-electron chi connectivity index (χ3n) is 4.40. The first-order valence-electron chi connectivity index (χ1n) is 8.68. The van der Waals surface area contributed by atoms with Gasteiger partial charge in [0.1, 0.15) is 11.5 Å². The van der Waals surface area contributed by atoms with Crippen molar-refractivity contribution >= 4 is 11.7 Å². The Kier molecular flexibility index (Phi) is 4.88. The fourth-order valence-electron chi connectivity index (χ4n) is 3.41. The van der Waals surface area contributed by atoms with Crippen LogP contribution in [-0.4, -0.2) is 22.6 Å². The molecule has 1 aromatic carbocycles. The van der Waals surface area contributed by atoms with Crippen LogP contribution < -0.4 is 5.32 Å². The highest BCUT2D eigenvalue weighted by molar-refractivity contribution is 5.90. The van der Waals surface area contributed by atoms with E-state index in [9.17, 15) is 4.79 Å². The van der Waals surface area contributed by atoms with E-state index in [0.717, 1.165) is 60.5 Å². The summed E-state index contributed by atoms with van der Waals surface area (Å²) in [7, 11) is 0. The summed E-state index contributed by atoms with van der Waals surface area (Å²) in [4.78, 5) is 14.6. The van der Waals surface area contributed by atoms with E-state index in [-0.39, 0.29) is 12.1 Å². The van der Waals surface area contributed by atoms with Gasteiger partial charge in [0.2, 0.25) is 0 Å². The van der Waals surface area contributed by atoms with Gasteiger partial charge in [0, 0.05) is 24.7 Å².